The molecule has 0 fully saturated rings. The van der Waals surface area contributed by atoms with Crippen molar-refractivity contribution in [2.24, 2.45) is 5.10 Å². The van der Waals surface area contributed by atoms with Gasteiger partial charge in [-0.3, -0.25) is 5.43 Å². The van der Waals surface area contributed by atoms with Crippen LogP contribution in [0.3, 0.4) is 0 Å². The third-order valence-corrected chi connectivity index (χ3v) is 1.99. The molecule has 0 radical (unpaired) electrons. The van der Waals surface area contributed by atoms with Crippen LogP contribution in [0.2, 0.25) is 5.15 Å². The minimum Gasteiger partial charge on any atom is -0.261 e. The summed E-state index contributed by atoms with van der Waals surface area (Å²) in [6.45, 7) is 0. The molecule has 0 aliphatic carbocycles. The van der Waals surface area contributed by atoms with E-state index in [0.717, 1.165) is 0 Å². The van der Waals surface area contributed by atoms with Crippen LogP contribution in [0.25, 0.3) is 0 Å². The summed E-state index contributed by atoms with van der Waals surface area (Å²) in [7, 11) is 0. The fourth-order valence-corrected chi connectivity index (χ4v) is 1.26. The summed E-state index contributed by atoms with van der Waals surface area (Å²) in [5.41, 5.74) is 3.48. The second kappa shape index (κ2) is 5.23. The Labute approximate surface area is 98.0 Å². The predicted octanol–water partition coefficient (Wildman–Crippen LogP) is 2.58. The molecule has 16 heavy (non-hydrogen) atoms. The first-order valence-corrected chi connectivity index (χ1v) is 5.05. The lowest BCUT2D eigenvalue weighted by Gasteiger charge is -1.97. The van der Waals surface area contributed by atoms with E-state index in [1.165, 1.54) is 0 Å². The Morgan fingerprint density at radius 3 is 2.88 bits per heavy atom. The second-order valence-corrected chi connectivity index (χ2v) is 3.36. The molecule has 0 saturated heterocycles. The first kappa shape index (κ1) is 10.6. The van der Waals surface area contributed by atoms with Gasteiger partial charge in [-0.1, -0.05) is 23.7 Å². The van der Waals surface area contributed by atoms with Gasteiger partial charge in [-0.25, -0.2) is 9.97 Å². The average molecular weight is 233 g/mol. The van der Waals surface area contributed by atoms with E-state index >= 15 is 0 Å². The molecule has 2 rings (SSSR count). The van der Waals surface area contributed by atoms with Crippen molar-refractivity contribution in [3.05, 3.63) is 53.4 Å². The molecule has 0 aliphatic rings. The van der Waals surface area contributed by atoms with E-state index in [-0.39, 0.29) is 0 Å². The van der Waals surface area contributed by atoms with Crippen molar-refractivity contribution in [2.75, 3.05) is 5.43 Å². The van der Waals surface area contributed by atoms with Gasteiger partial charge in [-0.15, -0.1) is 0 Å². The van der Waals surface area contributed by atoms with Crippen molar-refractivity contribution in [2.45, 2.75) is 0 Å². The number of hydrogen-bond donors (Lipinski definition) is 1. The minimum absolute atomic E-state index is 0.446. The van der Waals surface area contributed by atoms with E-state index in [2.05, 4.69) is 20.5 Å². The van der Waals surface area contributed by atoms with E-state index in [0.29, 0.717) is 16.7 Å². The van der Waals surface area contributed by atoms with Gasteiger partial charge in [0.05, 0.1) is 11.9 Å². The summed E-state index contributed by atoms with van der Waals surface area (Å²) in [6, 6.07) is 10.9. The lowest BCUT2D eigenvalue weighted by Crippen LogP contribution is -1.94. The van der Waals surface area contributed by atoms with Gasteiger partial charge in [0.15, 0.2) is 0 Å². The van der Waals surface area contributed by atoms with E-state index in [9.17, 15) is 0 Å². The Bertz CT molecular complexity index is 484. The number of anilines is 1. The highest BCUT2D eigenvalue weighted by molar-refractivity contribution is 6.29. The molecule has 0 spiro atoms. The molecule has 5 heteroatoms. The Hall–Kier alpha value is -1.94. The molecule has 0 atom stereocenters. The van der Waals surface area contributed by atoms with Crippen LogP contribution in [0.4, 0.5) is 5.82 Å². The lowest BCUT2D eigenvalue weighted by atomic mass is 10.4. The summed E-state index contributed by atoms with van der Waals surface area (Å²) in [5.74, 6) is 0.681. The van der Waals surface area contributed by atoms with Crippen LogP contribution in [0.15, 0.2) is 47.7 Å². The van der Waals surface area contributed by atoms with Crippen LogP contribution in [0, 0.1) is 0 Å². The van der Waals surface area contributed by atoms with E-state index in [1.807, 2.05) is 30.3 Å². The molecule has 2 aromatic heterocycles. The van der Waals surface area contributed by atoms with Gasteiger partial charge >= 0.3 is 0 Å². The van der Waals surface area contributed by atoms with E-state index in [1.54, 1.807) is 18.5 Å². The molecule has 0 unspecified atom stereocenters. The minimum atomic E-state index is 0.446. The molecule has 80 valence electrons. The standard InChI is InChI=1S/C11H9ClN4/c12-10-5-3-4-9(15-10)8-14-16-11-6-1-2-7-13-11/h1-8H,(H,13,16). The van der Waals surface area contributed by atoms with Crippen molar-refractivity contribution in [3.63, 3.8) is 0 Å². The molecular weight excluding hydrogens is 224 g/mol. The summed E-state index contributed by atoms with van der Waals surface area (Å²) in [5, 5.41) is 4.44. The molecule has 2 heterocycles. The van der Waals surface area contributed by atoms with Crippen molar-refractivity contribution >= 4 is 23.6 Å². The maximum Gasteiger partial charge on any atom is 0.146 e. The van der Waals surface area contributed by atoms with Crippen LogP contribution in [-0.2, 0) is 0 Å². The number of nitrogens with zero attached hydrogens (tertiary/aromatic N) is 3. The summed E-state index contributed by atoms with van der Waals surface area (Å²) in [6.07, 6.45) is 3.27. The number of nitrogens with one attached hydrogen (secondary N) is 1. The van der Waals surface area contributed by atoms with E-state index in [4.69, 9.17) is 11.6 Å². The van der Waals surface area contributed by atoms with Crippen LogP contribution >= 0.6 is 11.6 Å². The topological polar surface area (TPSA) is 50.2 Å². The maximum absolute atomic E-state index is 5.74. The zero-order valence-electron chi connectivity index (χ0n) is 8.34. The smallest absolute Gasteiger partial charge is 0.146 e. The molecule has 1 N–H and O–H groups in total. The van der Waals surface area contributed by atoms with Gasteiger partial charge in [-0.05, 0) is 24.3 Å². The molecule has 0 aromatic carbocycles. The zero-order chi connectivity index (χ0) is 11.2. The van der Waals surface area contributed by atoms with E-state index < -0.39 is 0 Å². The Morgan fingerprint density at radius 1 is 1.19 bits per heavy atom. The number of hydrazone groups is 1. The highest BCUT2D eigenvalue weighted by Crippen LogP contribution is 2.03. The van der Waals surface area contributed by atoms with Gasteiger partial charge in [-0.2, -0.15) is 5.10 Å². The van der Waals surface area contributed by atoms with Gasteiger partial charge in [0.2, 0.25) is 0 Å². The third kappa shape index (κ3) is 3.03. The van der Waals surface area contributed by atoms with Gasteiger partial charge in [0, 0.05) is 6.20 Å². The molecule has 0 amide bonds. The Morgan fingerprint density at radius 2 is 2.12 bits per heavy atom. The van der Waals surface area contributed by atoms with Gasteiger partial charge in [0.25, 0.3) is 0 Å². The quantitative estimate of drug-likeness (QED) is 0.503. The molecule has 0 saturated carbocycles. The first-order valence-electron chi connectivity index (χ1n) is 4.67. The summed E-state index contributed by atoms with van der Waals surface area (Å²) < 4.78 is 0. The highest BCUT2D eigenvalue weighted by atomic mass is 35.5. The van der Waals surface area contributed by atoms with Crippen LogP contribution in [-0.4, -0.2) is 16.2 Å². The third-order valence-electron chi connectivity index (χ3n) is 1.78. The van der Waals surface area contributed by atoms with Gasteiger partial charge < -0.3 is 0 Å². The Balaban J connectivity index is 2.00. The number of aromatic nitrogens is 2. The SMILES string of the molecule is Clc1cccc(C=NNc2ccccn2)n1. The maximum atomic E-state index is 5.74. The van der Waals surface area contributed by atoms with Crippen LogP contribution in [0.5, 0.6) is 0 Å². The predicted molar refractivity (Wildman–Crippen MR) is 64.7 cm³/mol. The lowest BCUT2D eigenvalue weighted by molar-refractivity contribution is 1.22. The normalized spacial score (nSPS) is 10.6. The number of rotatable bonds is 3. The average Bonchev–Trinajstić information content (AvgIpc) is 2.30. The zero-order valence-corrected chi connectivity index (χ0v) is 9.09. The largest absolute Gasteiger partial charge is 0.261 e. The monoisotopic (exact) mass is 232 g/mol. The van der Waals surface area contributed by atoms with Crippen molar-refractivity contribution in [1.82, 2.24) is 9.97 Å². The van der Waals surface area contributed by atoms with Crippen molar-refractivity contribution < 1.29 is 0 Å². The van der Waals surface area contributed by atoms with Crippen molar-refractivity contribution in [3.8, 4) is 0 Å². The molecular formula is C11H9ClN4. The number of pyridine rings is 2. The number of hydrogen-bond acceptors (Lipinski definition) is 4. The van der Waals surface area contributed by atoms with Gasteiger partial charge in [0.1, 0.15) is 11.0 Å². The molecule has 0 aliphatic heterocycles. The van der Waals surface area contributed by atoms with Crippen molar-refractivity contribution in [1.29, 1.82) is 0 Å². The first-order chi connectivity index (χ1) is 7.84. The highest BCUT2D eigenvalue weighted by Gasteiger charge is 1.91. The summed E-state index contributed by atoms with van der Waals surface area (Å²) in [4.78, 5) is 8.12. The molecule has 4 nitrogen and oxygen atoms in total. The number of halogens is 1. The molecule has 2 aromatic rings. The second-order valence-electron chi connectivity index (χ2n) is 2.97. The van der Waals surface area contributed by atoms with Crippen LogP contribution in [0.1, 0.15) is 5.69 Å². The fraction of sp³-hybridized carbons (Fsp3) is 0. The summed E-state index contributed by atoms with van der Waals surface area (Å²) >= 11 is 5.74. The van der Waals surface area contributed by atoms with Crippen LogP contribution < -0.4 is 5.43 Å². The molecule has 0 bridgehead atoms. The fourth-order valence-electron chi connectivity index (χ4n) is 1.09. The Kier molecular flexibility index (Phi) is 3.46.